The highest BCUT2D eigenvalue weighted by molar-refractivity contribution is 5.34. The van der Waals surface area contributed by atoms with E-state index >= 15 is 0 Å². The molecule has 0 aliphatic heterocycles. The first-order chi connectivity index (χ1) is 9.81. The van der Waals surface area contributed by atoms with Crippen LogP contribution in [-0.2, 0) is 6.54 Å². The molecule has 0 amide bonds. The second-order valence-corrected chi connectivity index (χ2v) is 5.72. The third-order valence-corrected chi connectivity index (χ3v) is 3.98. The van der Waals surface area contributed by atoms with E-state index in [1.54, 1.807) is 6.07 Å². The monoisotopic (exact) mass is 279 g/mol. The fraction of sp³-hybridized carbons (Fsp3) is 0.647. The molecule has 2 nitrogen and oxygen atoms in total. The van der Waals surface area contributed by atoms with Crippen LogP contribution >= 0.6 is 0 Å². The first kappa shape index (κ1) is 15.3. The summed E-state index contributed by atoms with van der Waals surface area (Å²) in [7, 11) is 0. The molecule has 0 heterocycles. The molecule has 2 rings (SSSR count). The predicted octanol–water partition coefficient (Wildman–Crippen LogP) is 4.28. The summed E-state index contributed by atoms with van der Waals surface area (Å²) in [5.41, 5.74) is 0.925. The van der Waals surface area contributed by atoms with Gasteiger partial charge in [0.25, 0.3) is 0 Å². The normalized spacial score (nSPS) is 16.3. The van der Waals surface area contributed by atoms with Crippen LogP contribution in [0.25, 0.3) is 0 Å². The number of hydrogen-bond donors (Lipinski definition) is 1. The molecule has 112 valence electrons. The number of nitrogens with one attached hydrogen (secondary N) is 1. The molecular weight excluding hydrogens is 253 g/mol. The minimum absolute atomic E-state index is 0.239. The van der Waals surface area contributed by atoms with Crippen molar-refractivity contribution in [1.82, 2.24) is 5.32 Å². The molecule has 1 fully saturated rings. The number of halogens is 1. The fourth-order valence-corrected chi connectivity index (χ4v) is 2.81. The molecule has 0 bridgehead atoms. The molecule has 1 aromatic carbocycles. The van der Waals surface area contributed by atoms with Crippen LogP contribution in [0.2, 0.25) is 0 Å². The van der Waals surface area contributed by atoms with Gasteiger partial charge in [-0.05, 0) is 37.8 Å². The van der Waals surface area contributed by atoms with Crippen LogP contribution in [-0.4, -0.2) is 13.2 Å². The Kier molecular flexibility index (Phi) is 6.31. The Morgan fingerprint density at radius 3 is 2.80 bits per heavy atom. The van der Waals surface area contributed by atoms with Crippen molar-refractivity contribution in [2.24, 2.45) is 5.92 Å². The maximum Gasteiger partial charge on any atom is 0.165 e. The Hall–Kier alpha value is -1.09. The van der Waals surface area contributed by atoms with Crippen molar-refractivity contribution in [3.05, 3.63) is 29.6 Å². The van der Waals surface area contributed by atoms with Crippen LogP contribution in [0.4, 0.5) is 4.39 Å². The number of rotatable bonds is 7. The summed E-state index contributed by atoms with van der Waals surface area (Å²) < 4.78 is 19.8. The summed E-state index contributed by atoms with van der Waals surface area (Å²) >= 11 is 0. The van der Waals surface area contributed by atoms with Crippen molar-refractivity contribution in [3.8, 4) is 5.75 Å². The molecule has 20 heavy (non-hydrogen) atoms. The number of benzene rings is 1. The van der Waals surface area contributed by atoms with Crippen LogP contribution in [0.1, 0.15) is 51.0 Å². The third-order valence-electron chi connectivity index (χ3n) is 3.98. The van der Waals surface area contributed by atoms with E-state index in [4.69, 9.17) is 4.74 Å². The van der Waals surface area contributed by atoms with Crippen molar-refractivity contribution in [1.29, 1.82) is 0 Å². The lowest BCUT2D eigenvalue weighted by Gasteiger charge is -2.22. The van der Waals surface area contributed by atoms with Gasteiger partial charge in [-0.2, -0.15) is 0 Å². The van der Waals surface area contributed by atoms with Crippen molar-refractivity contribution < 1.29 is 9.13 Å². The van der Waals surface area contributed by atoms with Gasteiger partial charge in [0.1, 0.15) is 0 Å². The Balaban J connectivity index is 1.93. The molecule has 1 aromatic rings. The van der Waals surface area contributed by atoms with Gasteiger partial charge < -0.3 is 10.1 Å². The molecule has 1 aliphatic carbocycles. The summed E-state index contributed by atoms with van der Waals surface area (Å²) in [4.78, 5) is 0. The lowest BCUT2D eigenvalue weighted by molar-refractivity contribution is 0.200. The molecule has 0 spiro atoms. The number of hydrogen-bond acceptors (Lipinski definition) is 2. The molecule has 0 radical (unpaired) electrons. The van der Waals surface area contributed by atoms with Gasteiger partial charge in [-0.3, -0.25) is 0 Å². The first-order valence-corrected chi connectivity index (χ1v) is 7.92. The third kappa shape index (κ3) is 4.48. The first-order valence-electron chi connectivity index (χ1n) is 7.92. The number of ether oxygens (including phenoxy) is 1. The van der Waals surface area contributed by atoms with Gasteiger partial charge in [-0.25, -0.2) is 4.39 Å². The van der Waals surface area contributed by atoms with Gasteiger partial charge in [0.15, 0.2) is 11.6 Å². The molecule has 3 heteroatoms. The van der Waals surface area contributed by atoms with Crippen LogP contribution in [0, 0.1) is 11.7 Å². The molecular formula is C17H26FNO. The van der Waals surface area contributed by atoms with E-state index in [0.29, 0.717) is 24.8 Å². The van der Waals surface area contributed by atoms with E-state index in [0.717, 1.165) is 18.5 Å². The lowest BCUT2D eigenvalue weighted by atomic mass is 9.90. The average molecular weight is 279 g/mol. The predicted molar refractivity (Wildman–Crippen MR) is 80.5 cm³/mol. The largest absolute Gasteiger partial charge is 0.490 e. The van der Waals surface area contributed by atoms with Crippen molar-refractivity contribution in [2.45, 2.75) is 52.0 Å². The SMILES string of the molecule is CCCNCc1cccc(F)c1OCC1CCCCC1. The summed E-state index contributed by atoms with van der Waals surface area (Å²) in [6.07, 6.45) is 7.43. The van der Waals surface area contributed by atoms with Gasteiger partial charge >= 0.3 is 0 Å². The second kappa shape index (κ2) is 8.25. The highest BCUT2D eigenvalue weighted by Gasteiger charge is 2.16. The molecule has 1 N–H and O–H groups in total. The summed E-state index contributed by atoms with van der Waals surface area (Å²) in [6, 6.07) is 5.19. The molecule has 1 aliphatic rings. The number of para-hydroxylation sites is 1. The molecule has 0 aromatic heterocycles. The molecule has 1 saturated carbocycles. The smallest absolute Gasteiger partial charge is 0.165 e. The van der Waals surface area contributed by atoms with Gasteiger partial charge in [-0.15, -0.1) is 0 Å². The summed E-state index contributed by atoms with van der Waals surface area (Å²) in [5.74, 6) is 0.804. The zero-order valence-corrected chi connectivity index (χ0v) is 12.5. The van der Waals surface area contributed by atoms with Crippen LogP contribution in [0.5, 0.6) is 5.75 Å². The quantitative estimate of drug-likeness (QED) is 0.752. The van der Waals surface area contributed by atoms with Crippen molar-refractivity contribution >= 4 is 0 Å². The maximum atomic E-state index is 14.0. The Morgan fingerprint density at radius 1 is 1.25 bits per heavy atom. The minimum Gasteiger partial charge on any atom is -0.490 e. The highest BCUT2D eigenvalue weighted by Crippen LogP contribution is 2.27. The lowest BCUT2D eigenvalue weighted by Crippen LogP contribution is -2.18. The van der Waals surface area contributed by atoms with E-state index in [9.17, 15) is 4.39 Å². The van der Waals surface area contributed by atoms with E-state index in [1.165, 1.54) is 38.2 Å². The molecule has 0 saturated heterocycles. The van der Waals surface area contributed by atoms with Gasteiger partial charge in [0.05, 0.1) is 6.61 Å². The zero-order chi connectivity index (χ0) is 14.2. The van der Waals surface area contributed by atoms with Crippen LogP contribution in [0.15, 0.2) is 18.2 Å². The van der Waals surface area contributed by atoms with Gasteiger partial charge in [0, 0.05) is 12.1 Å². The van der Waals surface area contributed by atoms with Crippen molar-refractivity contribution in [2.75, 3.05) is 13.2 Å². The molecule has 0 atom stereocenters. The van der Waals surface area contributed by atoms with Gasteiger partial charge in [0.2, 0.25) is 0 Å². The van der Waals surface area contributed by atoms with Crippen LogP contribution in [0.3, 0.4) is 0 Å². The van der Waals surface area contributed by atoms with E-state index < -0.39 is 0 Å². The van der Waals surface area contributed by atoms with E-state index in [1.807, 2.05) is 6.07 Å². The second-order valence-electron chi connectivity index (χ2n) is 5.72. The topological polar surface area (TPSA) is 21.3 Å². The Morgan fingerprint density at radius 2 is 2.05 bits per heavy atom. The molecule has 0 unspecified atom stereocenters. The summed E-state index contributed by atoms with van der Waals surface area (Å²) in [6.45, 7) is 4.39. The van der Waals surface area contributed by atoms with E-state index in [2.05, 4.69) is 12.2 Å². The Labute approximate surface area is 121 Å². The highest BCUT2D eigenvalue weighted by atomic mass is 19.1. The van der Waals surface area contributed by atoms with Crippen LogP contribution < -0.4 is 10.1 Å². The van der Waals surface area contributed by atoms with E-state index in [-0.39, 0.29) is 5.82 Å². The maximum absolute atomic E-state index is 14.0. The van der Waals surface area contributed by atoms with Crippen molar-refractivity contribution in [3.63, 3.8) is 0 Å². The summed E-state index contributed by atoms with van der Waals surface area (Å²) in [5, 5.41) is 3.31. The van der Waals surface area contributed by atoms with Gasteiger partial charge in [-0.1, -0.05) is 38.3 Å². The zero-order valence-electron chi connectivity index (χ0n) is 12.5. The fourth-order valence-electron chi connectivity index (χ4n) is 2.81. The Bertz CT molecular complexity index is 402. The average Bonchev–Trinajstić information content (AvgIpc) is 2.48. The minimum atomic E-state index is -0.239. The standard InChI is InChI=1S/C17H26FNO/c1-2-11-19-12-15-9-6-10-16(18)17(15)20-13-14-7-4-3-5-8-14/h6,9-10,14,19H,2-5,7-8,11-13H2,1H3.